The Morgan fingerprint density at radius 1 is 0.274 bits per heavy atom. The number of hydrogen-bond donors (Lipinski definition) is 0. The minimum atomic E-state index is -0.528. The van der Waals surface area contributed by atoms with Crippen molar-refractivity contribution < 1.29 is 4.42 Å². The third kappa shape index (κ3) is 6.94. The van der Waals surface area contributed by atoms with E-state index in [1.54, 1.807) is 0 Å². The van der Waals surface area contributed by atoms with E-state index < -0.39 is 5.41 Å². The lowest BCUT2D eigenvalue weighted by atomic mass is 9.67. The van der Waals surface area contributed by atoms with Crippen LogP contribution < -0.4 is 4.90 Å². The van der Waals surface area contributed by atoms with Crippen molar-refractivity contribution in [3.8, 4) is 55.6 Å². The van der Waals surface area contributed by atoms with E-state index in [1.165, 1.54) is 72.1 Å². The van der Waals surface area contributed by atoms with Crippen LogP contribution in [0.4, 0.5) is 17.1 Å². The first-order valence-corrected chi connectivity index (χ1v) is 25.2. The molecule has 1 aromatic heterocycles. The molecule has 1 aliphatic rings. The molecule has 342 valence electrons. The highest BCUT2D eigenvalue weighted by Crippen LogP contribution is 2.57. The van der Waals surface area contributed by atoms with Crippen LogP contribution in [0.1, 0.15) is 22.3 Å². The smallest absolute Gasteiger partial charge is 0.143 e. The lowest BCUT2D eigenvalue weighted by Gasteiger charge is -2.35. The molecule has 0 radical (unpaired) electrons. The third-order valence-electron chi connectivity index (χ3n) is 15.2. The number of furan rings is 1. The zero-order chi connectivity index (χ0) is 48.3. The van der Waals surface area contributed by atoms with Gasteiger partial charge in [0.25, 0.3) is 0 Å². The predicted octanol–water partition coefficient (Wildman–Crippen LogP) is 19.2. The molecular weight excluding hydrogens is 883 g/mol. The Balaban J connectivity index is 0.921. The van der Waals surface area contributed by atoms with E-state index in [4.69, 9.17) is 4.42 Å². The fourth-order valence-corrected chi connectivity index (χ4v) is 11.8. The Morgan fingerprint density at radius 2 is 0.726 bits per heavy atom. The maximum Gasteiger partial charge on any atom is 0.143 e. The van der Waals surface area contributed by atoms with Crippen LogP contribution in [0.25, 0.3) is 88.3 Å². The minimum absolute atomic E-state index is 0.528. The number of rotatable bonds is 9. The monoisotopic (exact) mass is 929 g/mol. The summed E-state index contributed by atoms with van der Waals surface area (Å²) in [6.07, 6.45) is 0. The Hall–Kier alpha value is -9.50. The van der Waals surface area contributed by atoms with Crippen molar-refractivity contribution in [2.45, 2.75) is 5.41 Å². The Kier molecular flexibility index (Phi) is 10.1. The van der Waals surface area contributed by atoms with Gasteiger partial charge in [-0.2, -0.15) is 0 Å². The van der Waals surface area contributed by atoms with Gasteiger partial charge < -0.3 is 9.32 Å². The topological polar surface area (TPSA) is 16.4 Å². The molecule has 14 rings (SSSR count). The lowest BCUT2D eigenvalue weighted by molar-refractivity contribution is 0.673. The molecule has 0 N–H and O–H groups in total. The highest BCUT2D eigenvalue weighted by Gasteiger charge is 2.46. The molecule has 12 aromatic carbocycles. The molecule has 0 fully saturated rings. The van der Waals surface area contributed by atoms with Crippen molar-refractivity contribution in [3.63, 3.8) is 0 Å². The summed E-state index contributed by atoms with van der Waals surface area (Å²) < 4.78 is 6.85. The molecule has 0 spiro atoms. The zero-order valence-corrected chi connectivity index (χ0v) is 40.0. The summed E-state index contributed by atoms with van der Waals surface area (Å²) in [6, 6.07) is 104. The van der Waals surface area contributed by atoms with Gasteiger partial charge in [-0.1, -0.05) is 237 Å². The summed E-state index contributed by atoms with van der Waals surface area (Å²) in [6.45, 7) is 0. The van der Waals surface area contributed by atoms with Crippen LogP contribution in [0, 0.1) is 0 Å². The van der Waals surface area contributed by atoms with Crippen LogP contribution in [0.5, 0.6) is 0 Å². The first-order valence-electron chi connectivity index (χ1n) is 25.2. The van der Waals surface area contributed by atoms with Crippen LogP contribution in [-0.2, 0) is 5.41 Å². The fourth-order valence-electron chi connectivity index (χ4n) is 11.8. The van der Waals surface area contributed by atoms with Crippen molar-refractivity contribution in [2.75, 3.05) is 4.90 Å². The van der Waals surface area contributed by atoms with Gasteiger partial charge >= 0.3 is 0 Å². The van der Waals surface area contributed by atoms with Gasteiger partial charge in [0.05, 0.1) is 5.41 Å². The molecule has 13 aromatic rings. The molecular formula is C71H47NO. The number of benzene rings is 12. The van der Waals surface area contributed by atoms with Gasteiger partial charge in [-0.25, -0.2) is 0 Å². The van der Waals surface area contributed by atoms with Gasteiger partial charge in [0, 0.05) is 33.2 Å². The summed E-state index contributed by atoms with van der Waals surface area (Å²) in [4.78, 5) is 2.41. The van der Waals surface area contributed by atoms with E-state index in [-0.39, 0.29) is 0 Å². The molecule has 2 heteroatoms. The van der Waals surface area contributed by atoms with Crippen LogP contribution >= 0.6 is 0 Å². The average molecular weight is 930 g/mol. The molecule has 0 aliphatic heterocycles. The van der Waals surface area contributed by atoms with Gasteiger partial charge in [-0.05, 0) is 132 Å². The fraction of sp³-hybridized carbons (Fsp3) is 0.0141. The van der Waals surface area contributed by atoms with Crippen LogP contribution in [0.15, 0.2) is 290 Å². The number of nitrogens with zero attached hydrogens (tertiary/aromatic N) is 1. The van der Waals surface area contributed by atoms with E-state index in [1.807, 2.05) is 0 Å². The van der Waals surface area contributed by atoms with Crippen LogP contribution in [0.2, 0.25) is 0 Å². The minimum Gasteiger partial charge on any atom is -0.455 e. The van der Waals surface area contributed by atoms with Gasteiger partial charge in [0.1, 0.15) is 11.2 Å². The lowest BCUT2D eigenvalue weighted by Crippen LogP contribution is -2.28. The van der Waals surface area contributed by atoms with E-state index in [9.17, 15) is 0 Å². The Morgan fingerprint density at radius 3 is 1.36 bits per heavy atom. The third-order valence-corrected chi connectivity index (χ3v) is 15.2. The largest absolute Gasteiger partial charge is 0.455 e. The second-order valence-electron chi connectivity index (χ2n) is 19.1. The van der Waals surface area contributed by atoms with E-state index in [0.29, 0.717) is 0 Å². The molecule has 0 saturated heterocycles. The molecule has 0 saturated carbocycles. The number of anilines is 3. The molecule has 0 amide bonds. The molecule has 73 heavy (non-hydrogen) atoms. The van der Waals surface area contributed by atoms with Crippen molar-refractivity contribution in [1.29, 1.82) is 0 Å². The highest BCUT2D eigenvalue weighted by molar-refractivity contribution is 6.22. The standard InChI is InChI=1S/C71H47NO/c1-5-18-48(19-6-1)50-32-34-53(35-33-50)64-47-65-69-59(29-17-31-68(69)73-70(65)63-28-14-13-26-60(63)64)52-38-42-57(43-39-52)72(56-40-36-51(37-41-56)49-20-7-2-8-21-49)58-44-45-62-61-27-15-16-30-66(61)71(67(62)46-58,54-22-9-3-10-23-54)55-24-11-4-12-25-55/h1-47H. The maximum absolute atomic E-state index is 6.85. The predicted molar refractivity (Wildman–Crippen MR) is 305 cm³/mol. The summed E-state index contributed by atoms with van der Waals surface area (Å²) in [5, 5.41) is 4.50. The molecule has 1 aliphatic carbocycles. The van der Waals surface area contributed by atoms with Crippen molar-refractivity contribution in [1.82, 2.24) is 0 Å². The number of fused-ring (bicyclic) bond motifs is 8. The highest BCUT2D eigenvalue weighted by atomic mass is 16.3. The first kappa shape index (κ1) is 42.4. The van der Waals surface area contributed by atoms with Crippen LogP contribution in [-0.4, -0.2) is 0 Å². The number of hydrogen-bond acceptors (Lipinski definition) is 2. The second kappa shape index (κ2) is 17.4. The molecule has 0 atom stereocenters. The summed E-state index contributed by atoms with van der Waals surface area (Å²) >= 11 is 0. The molecule has 0 bridgehead atoms. The van der Waals surface area contributed by atoms with Gasteiger partial charge in [-0.3, -0.25) is 0 Å². The van der Waals surface area contributed by atoms with E-state index in [0.717, 1.165) is 55.5 Å². The van der Waals surface area contributed by atoms with Gasteiger partial charge in [0.15, 0.2) is 0 Å². The maximum atomic E-state index is 6.85. The van der Waals surface area contributed by atoms with Crippen LogP contribution in [0.3, 0.4) is 0 Å². The summed E-state index contributed by atoms with van der Waals surface area (Å²) in [5.41, 5.74) is 21.4. The second-order valence-corrected chi connectivity index (χ2v) is 19.1. The van der Waals surface area contributed by atoms with Crippen molar-refractivity contribution >= 4 is 49.8 Å². The molecule has 0 unspecified atom stereocenters. The Labute approximate surface area is 425 Å². The van der Waals surface area contributed by atoms with E-state index in [2.05, 4.69) is 290 Å². The zero-order valence-electron chi connectivity index (χ0n) is 40.0. The van der Waals surface area contributed by atoms with Gasteiger partial charge in [-0.15, -0.1) is 0 Å². The molecule has 2 nitrogen and oxygen atoms in total. The van der Waals surface area contributed by atoms with E-state index >= 15 is 0 Å². The summed E-state index contributed by atoms with van der Waals surface area (Å²) in [5.74, 6) is 0. The quantitative estimate of drug-likeness (QED) is 0.143. The SMILES string of the molecule is c1ccc(-c2ccc(-c3cc4c(oc5cccc(-c6ccc(N(c7ccc(-c8ccccc8)cc7)c7ccc8c(c7)C(c7ccccc7)(c7ccccc7)c7ccccc7-8)cc6)c54)c4ccccc34)cc2)cc1. The van der Waals surface area contributed by atoms with Crippen molar-refractivity contribution in [3.05, 3.63) is 307 Å². The molecule has 1 heterocycles. The Bertz CT molecular complexity index is 4100. The average Bonchev–Trinajstić information content (AvgIpc) is 4.06. The van der Waals surface area contributed by atoms with Crippen molar-refractivity contribution in [2.24, 2.45) is 0 Å². The summed E-state index contributed by atoms with van der Waals surface area (Å²) in [7, 11) is 0. The van der Waals surface area contributed by atoms with Gasteiger partial charge in [0.2, 0.25) is 0 Å². The normalized spacial score (nSPS) is 12.5. The first-order chi connectivity index (χ1) is 36.2.